The second-order valence-corrected chi connectivity index (χ2v) is 3.25. The molecule has 0 amide bonds. The molecule has 0 radical (unpaired) electrons. The summed E-state index contributed by atoms with van der Waals surface area (Å²) in [7, 11) is 0. The average molecular weight is 237 g/mol. The van der Waals surface area contributed by atoms with E-state index in [9.17, 15) is 4.21 Å². The first kappa shape index (κ1) is 9.84. The molecule has 0 rings (SSSR count). The highest BCUT2D eigenvalue weighted by Gasteiger charge is 2.10. The highest BCUT2D eigenvalue weighted by molar-refractivity contribution is 9.09. The van der Waals surface area contributed by atoms with Gasteiger partial charge in [-0.05, 0) is 0 Å². The SMILES string of the molecule is O=S(O)C(CCl)NCBr. The van der Waals surface area contributed by atoms with E-state index in [4.69, 9.17) is 16.2 Å². The molecule has 0 aliphatic rings. The predicted molar refractivity (Wildman–Crippen MR) is 42.2 cm³/mol. The molecular weight excluding hydrogens is 229 g/mol. The summed E-state index contributed by atoms with van der Waals surface area (Å²) in [5, 5.41) is 2.13. The van der Waals surface area contributed by atoms with Gasteiger partial charge in [0, 0.05) is 0 Å². The Bertz CT molecular complexity index is 104. The fourth-order valence-corrected chi connectivity index (χ4v) is 1.64. The Morgan fingerprint density at radius 1 is 1.89 bits per heavy atom. The highest BCUT2D eigenvalue weighted by atomic mass is 79.9. The van der Waals surface area contributed by atoms with Crippen molar-refractivity contribution in [3.05, 3.63) is 0 Å². The van der Waals surface area contributed by atoms with E-state index in [1.165, 1.54) is 0 Å². The third kappa shape index (κ3) is 4.27. The lowest BCUT2D eigenvalue weighted by Gasteiger charge is -2.07. The Kier molecular flexibility index (Phi) is 6.14. The quantitative estimate of drug-likeness (QED) is 0.429. The van der Waals surface area contributed by atoms with Crippen LogP contribution in [0.5, 0.6) is 0 Å². The molecule has 0 aliphatic heterocycles. The predicted octanol–water partition coefficient (Wildman–Crippen LogP) is 0.715. The van der Waals surface area contributed by atoms with Crippen molar-refractivity contribution < 1.29 is 8.76 Å². The minimum atomic E-state index is -1.88. The Morgan fingerprint density at radius 2 is 2.44 bits per heavy atom. The van der Waals surface area contributed by atoms with Crippen molar-refractivity contribution in [2.45, 2.75) is 5.37 Å². The molecule has 0 saturated heterocycles. The molecule has 0 heterocycles. The first-order valence-corrected chi connectivity index (χ1v) is 5.00. The number of hydrogen-bond donors (Lipinski definition) is 2. The fourth-order valence-electron chi connectivity index (χ4n) is 0.266. The maximum Gasteiger partial charge on any atom is 0.171 e. The summed E-state index contributed by atoms with van der Waals surface area (Å²) in [5.74, 6) is 0.134. The lowest BCUT2D eigenvalue weighted by atomic mass is 10.7. The Balaban J connectivity index is 3.54. The van der Waals surface area contributed by atoms with Crippen LogP contribution in [0.4, 0.5) is 0 Å². The Labute approximate surface area is 69.6 Å². The minimum Gasteiger partial charge on any atom is -0.305 e. The van der Waals surface area contributed by atoms with E-state index in [0.29, 0.717) is 5.45 Å². The molecule has 2 N–H and O–H groups in total. The summed E-state index contributed by atoms with van der Waals surface area (Å²) in [4.78, 5) is 0. The van der Waals surface area contributed by atoms with E-state index >= 15 is 0 Å². The van der Waals surface area contributed by atoms with Crippen molar-refractivity contribution in [2.75, 3.05) is 11.3 Å². The molecule has 56 valence electrons. The van der Waals surface area contributed by atoms with Crippen molar-refractivity contribution in [3.63, 3.8) is 0 Å². The number of nitrogens with one attached hydrogen (secondary N) is 1. The monoisotopic (exact) mass is 235 g/mol. The summed E-state index contributed by atoms with van der Waals surface area (Å²) in [6.07, 6.45) is 0. The van der Waals surface area contributed by atoms with E-state index in [-0.39, 0.29) is 5.88 Å². The van der Waals surface area contributed by atoms with Crippen molar-refractivity contribution in [1.82, 2.24) is 5.32 Å². The Hall–Kier alpha value is 0.840. The van der Waals surface area contributed by atoms with E-state index in [1.54, 1.807) is 0 Å². The zero-order chi connectivity index (χ0) is 7.28. The molecule has 0 fully saturated rings. The van der Waals surface area contributed by atoms with E-state index in [0.717, 1.165) is 0 Å². The lowest BCUT2D eigenvalue weighted by molar-refractivity contribution is 0.541. The lowest BCUT2D eigenvalue weighted by Crippen LogP contribution is -2.33. The molecule has 3 nitrogen and oxygen atoms in total. The summed E-state index contributed by atoms with van der Waals surface area (Å²) < 4.78 is 18.7. The molecule has 0 aromatic carbocycles. The van der Waals surface area contributed by atoms with Gasteiger partial charge < -0.3 is 4.55 Å². The van der Waals surface area contributed by atoms with Gasteiger partial charge in [0.1, 0.15) is 5.37 Å². The van der Waals surface area contributed by atoms with E-state index in [1.807, 2.05) is 0 Å². The zero-order valence-corrected chi connectivity index (χ0v) is 7.67. The number of hydrogen-bond acceptors (Lipinski definition) is 2. The molecule has 0 aliphatic carbocycles. The van der Waals surface area contributed by atoms with Gasteiger partial charge in [0.25, 0.3) is 0 Å². The van der Waals surface area contributed by atoms with Crippen LogP contribution in [0, 0.1) is 0 Å². The molecule has 6 heteroatoms. The largest absolute Gasteiger partial charge is 0.305 e. The van der Waals surface area contributed by atoms with Crippen LogP contribution >= 0.6 is 27.5 Å². The molecule has 0 aromatic rings. The number of halogens is 2. The molecule has 9 heavy (non-hydrogen) atoms. The van der Waals surface area contributed by atoms with Crippen LogP contribution in [0.2, 0.25) is 0 Å². The van der Waals surface area contributed by atoms with E-state index in [2.05, 4.69) is 21.2 Å². The van der Waals surface area contributed by atoms with Gasteiger partial charge in [-0.1, -0.05) is 15.9 Å². The van der Waals surface area contributed by atoms with Crippen LogP contribution in [0.15, 0.2) is 0 Å². The summed E-state index contributed by atoms with van der Waals surface area (Å²) in [5.41, 5.74) is 0.469. The molecule has 0 aromatic heterocycles. The second kappa shape index (κ2) is 5.61. The fraction of sp³-hybridized carbons (Fsp3) is 1.00. The number of alkyl halides is 2. The van der Waals surface area contributed by atoms with Gasteiger partial charge in [0.15, 0.2) is 11.1 Å². The van der Waals surface area contributed by atoms with Gasteiger partial charge >= 0.3 is 0 Å². The van der Waals surface area contributed by atoms with Gasteiger partial charge in [-0.25, -0.2) is 4.21 Å². The van der Waals surface area contributed by atoms with Crippen molar-refractivity contribution in [1.29, 1.82) is 0 Å². The van der Waals surface area contributed by atoms with Crippen molar-refractivity contribution >= 4 is 38.6 Å². The zero-order valence-electron chi connectivity index (χ0n) is 4.51. The van der Waals surface area contributed by atoms with Crippen LogP contribution in [-0.4, -0.2) is 25.5 Å². The molecule has 0 saturated carbocycles. The van der Waals surface area contributed by atoms with Crippen LogP contribution in [-0.2, 0) is 11.1 Å². The maximum absolute atomic E-state index is 10.3. The van der Waals surface area contributed by atoms with Gasteiger partial charge in [-0.15, -0.1) is 11.6 Å². The maximum atomic E-state index is 10.3. The second-order valence-electron chi connectivity index (χ2n) is 1.26. The third-order valence-electron chi connectivity index (χ3n) is 0.688. The summed E-state index contributed by atoms with van der Waals surface area (Å²) >= 11 is 6.47. The highest BCUT2D eigenvalue weighted by Crippen LogP contribution is 1.92. The van der Waals surface area contributed by atoms with Gasteiger partial charge in [0.2, 0.25) is 0 Å². The first-order chi connectivity index (χ1) is 4.22. The van der Waals surface area contributed by atoms with Gasteiger partial charge in [-0.3, -0.25) is 5.32 Å². The molecule has 2 unspecified atom stereocenters. The number of rotatable bonds is 4. The minimum absolute atomic E-state index is 0.134. The average Bonchev–Trinajstić information content (AvgIpc) is 1.82. The molecule has 0 spiro atoms. The Morgan fingerprint density at radius 3 is 2.56 bits per heavy atom. The first-order valence-electron chi connectivity index (χ1n) is 2.17. The topological polar surface area (TPSA) is 49.3 Å². The van der Waals surface area contributed by atoms with Gasteiger partial charge in [-0.2, -0.15) is 0 Å². The van der Waals surface area contributed by atoms with Crippen LogP contribution in [0.1, 0.15) is 0 Å². The molecular formula is C3H7BrClNO2S. The standard InChI is InChI=1S/C3H7BrClNO2S/c4-2-6-3(1-5)9(7)8/h3,6H,1-2H2,(H,7,8). The summed E-state index contributed by atoms with van der Waals surface area (Å²) in [6, 6.07) is 0. The molecule has 0 bridgehead atoms. The normalized spacial score (nSPS) is 17.2. The van der Waals surface area contributed by atoms with E-state index < -0.39 is 16.5 Å². The smallest absolute Gasteiger partial charge is 0.171 e. The molecule has 2 atom stereocenters. The third-order valence-corrected chi connectivity index (χ3v) is 2.32. The van der Waals surface area contributed by atoms with Crippen molar-refractivity contribution in [3.8, 4) is 0 Å². The van der Waals surface area contributed by atoms with Crippen molar-refractivity contribution in [2.24, 2.45) is 0 Å². The van der Waals surface area contributed by atoms with Crippen LogP contribution in [0.3, 0.4) is 0 Å². The van der Waals surface area contributed by atoms with Crippen LogP contribution < -0.4 is 5.32 Å². The van der Waals surface area contributed by atoms with Gasteiger partial charge in [0.05, 0.1) is 11.3 Å². The summed E-state index contributed by atoms with van der Waals surface area (Å²) in [6.45, 7) is 0. The van der Waals surface area contributed by atoms with Crippen LogP contribution in [0.25, 0.3) is 0 Å².